The van der Waals surface area contributed by atoms with E-state index in [9.17, 15) is 0 Å². The van der Waals surface area contributed by atoms with E-state index in [1.807, 2.05) is 6.08 Å². The second kappa shape index (κ2) is 4.60. The molecule has 2 aromatic rings. The highest BCUT2D eigenvalue weighted by Crippen LogP contribution is 2.43. The molecule has 1 aliphatic heterocycles. The Kier molecular flexibility index (Phi) is 2.83. The monoisotopic (exact) mass is 278 g/mol. The number of H-pyrrole nitrogens is 1. The van der Waals surface area contributed by atoms with E-state index < -0.39 is 0 Å². The zero-order valence-corrected chi connectivity index (χ0v) is 12.8. The molecule has 0 saturated carbocycles. The van der Waals surface area contributed by atoms with Crippen molar-refractivity contribution in [3.05, 3.63) is 59.3 Å². The van der Waals surface area contributed by atoms with Crippen LogP contribution in [0.15, 0.2) is 42.5 Å². The van der Waals surface area contributed by atoms with Gasteiger partial charge >= 0.3 is 0 Å². The topological polar surface area (TPSA) is 19.0 Å². The summed E-state index contributed by atoms with van der Waals surface area (Å²) in [4.78, 5) is 6.15. The SMILES string of the molecule is C=CCN1CC(C)=C[C@@H]2c3cccc4[nH]c(C)c(c34)C[C@H]21. The number of aryl methyl sites for hydroxylation is 1. The van der Waals surface area contributed by atoms with Crippen molar-refractivity contribution >= 4 is 10.9 Å². The minimum Gasteiger partial charge on any atom is -0.358 e. The maximum absolute atomic E-state index is 3.94. The van der Waals surface area contributed by atoms with Crippen LogP contribution in [0.4, 0.5) is 0 Å². The summed E-state index contributed by atoms with van der Waals surface area (Å²) in [6.45, 7) is 10.4. The molecule has 1 aromatic carbocycles. The molecular weight excluding hydrogens is 256 g/mol. The normalized spacial score (nSPS) is 24.8. The first-order chi connectivity index (χ1) is 10.2. The molecule has 2 heteroatoms. The van der Waals surface area contributed by atoms with Gasteiger partial charge in [0.2, 0.25) is 0 Å². The van der Waals surface area contributed by atoms with E-state index in [1.165, 1.54) is 33.3 Å². The molecule has 0 fully saturated rings. The number of rotatable bonds is 2. The number of benzene rings is 1. The fourth-order valence-electron chi connectivity index (χ4n) is 4.27. The molecule has 0 saturated heterocycles. The Morgan fingerprint density at radius 1 is 1.38 bits per heavy atom. The largest absolute Gasteiger partial charge is 0.358 e. The van der Waals surface area contributed by atoms with E-state index in [4.69, 9.17) is 0 Å². The van der Waals surface area contributed by atoms with Gasteiger partial charge in [-0.1, -0.05) is 29.9 Å². The second-order valence-electron chi connectivity index (χ2n) is 6.53. The van der Waals surface area contributed by atoms with E-state index >= 15 is 0 Å². The smallest absolute Gasteiger partial charge is 0.0461 e. The van der Waals surface area contributed by atoms with Crippen LogP contribution in [-0.4, -0.2) is 29.0 Å². The van der Waals surface area contributed by atoms with Gasteiger partial charge < -0.3 is 4.98 Å². The van der Waals surface area contributed by atoms with Crippen LogP contribution >= 0.6 is 0 Å². The van der Waals surface area contributed by atoms with Crippen molar-refractivity contribution in [2.24, 2.45) is 0 Å². The molecule has 21 heavy (non-hydrogen) atoms. The lowest BCUT2D eigenvalue weighted by Gasteiger charge is -2.42. The van der Waals surface area contributed by atoms with Crippen LogP contribution in [0.2, 0.25) is 0 Å². The van der Waals surface area contributed by atoms with Crippen LogP contribution in [-0.2, 0) is 6.42 Å². The number of hydrogen-bond donors (Lipinski definition) is 1. The van der Waals surface area contributed by atoms with Crippen molar-refractivity contribution in [2.75, 3.05) is 13.1 Å². The first-order valence-electron chi connectivity index (χ1n) is 7.81. The second-order valence-corrected chi connectivity index (χ2v) is 6.53. The van der Waals surface area contributed by atoms with Crippen molar-refractivity contribution in [3.63, 3.8) is 0 Å². The predicted octanol–water partition coefficient (Wildman–Crippen LogP) is 3.93. The highest BCUT2D eigenvalue weighted by atomic mass is 15.2. The first-order valence-corrected chi connectivity index (χ1v) is 7.81. The molecule has 4 rings (SSSR count). The van der Waals surface area contributed by atoms with Crippen molar-refractivity contribution in [3.8, 4) is 0 Å². The molecule has 0 spiro atoms. The minimum absolute atomic E-state index is 0.519. The Morgan fingerprint density at radius 2 is 2.24 bits per heavy atom. The van der Waals surface area contributed by atoms with Gasteiger partial charge in [0, 0.05) is 41.6 Å². The maximum Gasteiger partial charge on any atom is 0.0461 e. The van der Waals surface area contributed by atoms with E-state index in [-0.39, 0.29) is 0 Å². The average Bonchev–Trinajstić information content (AvgIpc) is 2.78. The highest BCUT2D eigenvalue weighted by Gasteiger charge is 2.36. The lowest BCUT2D eigenvalue weighted by molar-refractivity contribution is 0.201. The quantitative estimate of drug-likeness (QED) is 0.825. The fraction of sp³-hybridized carbons (Fsp3) is 0.368. The van der Waals surface area contributed by atoms with E-state index in [0.717, 1.165) is 19.5 Å². The lowest BCUT2D eigenvalue weighted by atomic mass is 9.76. The molecule has 0 amide bonds. The van der Waals surface area contributed by atoms with Crippen LogP contribution in [0, 0.1) is 6.92 Å². The standard InChI is InChI=1S/C19H22N2/c1-4-8-21-11-12(2)9-16-14-6-5-7-17-19(14)15(10-18(16)21)13(3)20-17/h4-7,9,16,18,20H,1,8,10-11H2,2-3H3/t16-,18-/m1/s1. The summed E-state index contributed by atoms with van der Waals surface area (Å²) < 4.78 is 0. The number of fused-ring (bicyclic) bond motifs is 2. The third-order valence-corrected chi connectivity index (χ3v) is 5.11. The van der Waals surface area contributed by atoms with Crippen LogP contribution in [0.3, 0.4) is 0 Å². The summed E-state index contributed by atoms with van der Waals surface area (Å²) >= 11 is 0. The predicted molar refractivity (Wildman–Crippen MR) is 88.8 cm³/mol. The summed E-state index contributed by atoms with van der Waals surface area (Å²) in [5, 5.41) is 1.47. The summed E-state index contributed by atoms with van der Waals surface area (Å²) in [5.41, 5.74) is 7.12. The van der Waals surface area contributed by atoms with Gasteiger partial charge in [-0.2, -0.15) is 0 Å². The summed E-state index contributed by atoms with van der Waals surface area (Å²) in [6, 6.07) is 7.28. The number of aromatic amines is 1. The third-order valence-electron chi connectivity index (χ3n) is 5.11. The van der Waals surface area contributed by atoms with Gasteiger partial charge in [-0.15, -0.1) is 6.58 Å². The van der Waals surface area contributed by atoms with E-state index in [2.05, 4.69) is 54.6 Å². The third kappa shape index (κ3) is 1.82. The summed E-state index contributed by atoms with van der Waals surface area (Å²) in [7, 11) is 0. The van der Waals surface area contributed by atoms with Crippen LogP contribution < -0.4 is 0 Å². The van der Waals surface area contributed by atoms with Gasteiger partial charge in [0.05, 0.1) is 0 Å². The Labute approximate surface area is 126 Å². The van der Waals surface area contributed by atoms with E-state index in [0.29, 0.717) is 12.0 Å². The molecule has 1 N–H and O–H groups in total. The van der Waals surface area contributed by atoms with Gasteiger partial charge in [0.15, 0.2) is 0 Å². The fourth-order valence-corrected chi connectivity index (χ4v) is 4.27. The zero-order valence-electron chi connectivity index (χ0n) is 12.8. The molecule has 2 atom stereocenters. The number of nitrogens with zero attached hydrogens (tertiary/aromatic N) is 1. The molecule has 1 aromatic heterocycles. The van der Waals surface area contributed by atoms with Crippen LogP contribution in [0.1, 0.15) is 29.7 Å². The van der Waals surface area contributed by atoms with Crippen LogP contribution in [0.5, 0.6) is 0 Å². The Bertz CT molecular complexity index is 750. The molecule has 2 aliphatic rings. The highest BCUT2D eigenvalue weighted by molar-refractivity contribution is 5.90. The van der Waals surface area contributed by atoms with Gasteiger partial charge in [0.25, 0.3) is 0 Å². The molecule has 2 heterocycles. The number of hydrogen-bond acceptors (Lipinski definition) is 1. The van der Waals surface area contributed by atoms with Crippen molar-refractivity contribution in [1.29, 1.82) is 0 Å². The van der Waals surface area contributed by atoms with Crippen molar-refractivity contribution in [1.82, 2.24) is 9.88 Å². The molecule has 108 valence electrons. The first kappa shape index (κ1) is 12.9. The van der Waals surface area contributed by atoms with Gasteiger partial charge in [-0.25, -0.2) is 0 Å². The molecular formula is C19H22N2. The van der Waals surface area contributed by atoms with Gasteiger partial charge in [-0.3, -0.25) is 4.90 Å². The number of nitrogens with one attached hydrogen (secondary N) is 1. The molecule has 2 nitrogen and oxygen atoms in total. The molecule has 0 unspecified atom stereocenters. The zero-order chi connectivity index (χ0) is 14.6. The summed E-state index contributed by atoms with van der Waals surface area (Å²) in [6.07, 6.45) is 5.67. The average molecular weight is 278 g/mol. The maximum atomic E-state index is 3.94. The van der Waals surface area contributed by atoms with Gasteiger partial charge in [-0.05, 0) is 37.5 Å². The van der Waals surface area contributed by atoms with Crippen LogP contribution in [0.25, 0.3) is 10.9 Å². The number of aromatic nitrogens is 1. The molecule has 0 radical (unpaired) electrons. The summed E-state index contributed by atoms with van der Waals surface area (Å²) in [5.74, 6) is 0.519. The van der Waals surface area contributed by atoms with Crippen molar-refractivity contribution in [2.45, 2.75) is 32.2 Å². The van der Waals surface area contributed by atoms with Crippen molar-refractivity contribution < 1.29 is 0 Å². The molecule has 0 bridgehead atoms. The lowest BCUT2D eigenvalue weighted by Crippen LogP contribution is -2.46. The Morgan fingerprint density at radius 3 is 3.05 bits per heavy atom. The Hall–Kier alpha value is -1.80. The minimum atomic E-state index is 0.519. The van der Waals surface area contributed by atoms with E-state index in [1.54, 1.807) is 0 Å². The van der Waals surface area contributed by atoms with Gasteiger partial charge in [0.1, 0.15) is 0 Å². The molecule has 1 aliphatic carbocycles. The Balaban J connectivity index is 1.93.